The fourth-order valence-electron chi connectivity index (χ4n) is 2.99. The lowest BCUT2D eigenvalue weighted by molar-refractivity contribution is 0.291. The number of allylic oxidation sites excluding steroid dienone is 2. The van der Waals surface area contributed by atoms with E-state index >= 15 is 0 Å². The highest BCUT2D eigenvalue weighted by Gasteiger charge is 2.26. The molecule has 0 amide bonds. The highest BCUT2D eigenvalue weighted by molar-refractivity contribution is 4.92. The molecule has 1 fully saturated rings. The van der Waals surface area contributed by atoms with Crippen LogP contribution in [0.3, 0.4) is 0 Å². The van der Waals surface area contributed by atoms with Crippen LogP contribution in [0.25, 0.3) is 0 Å². The van der Waals surface area contributed by atoms with Crippen LogP contribution in [-0.2, 0) is 0 Å². The van der Waals surface area contributed by atoms with Crippen LogP contribution in [0.5, 0.6) is 0 Å². The van der Waals surface area contributed by atoms with E-state index in [1.54, 1.807) is 0 Å². The molecule has 3 atom stereocenters. The third-order valence-electron chi connectivity index (χ3n) is 4.21. The van der Waals surface area contributed by atoms with Gasteiger partial charge < -0.3 is 10.2 Å². The van der Waals surface area contributed by atoms with Crippen molar-refractivity contribution in [1.29, 1.82) is 0 Å². The minimum atomic E-state index is 0.776. The smallest absolute Gasteiger partial charge is 0.0105 e. The Morgan fingerprint density at radius 3 is 2.69 bits per heavy atom. The van der Waals surface area contributed by atoms with Gasteiger partial charge in [0.1, 0.15) is 0 Å². The lowest BCUT2D eigenvalue weighted by atomic mass is 9.94. The molecule has 2 heteroatoms. The van der Waals surface area contributed by atoms with Crippen LogP contribution in [0.2, 0.25) is 0 Å². The van der Waals surface area contributed by atoms with Crippen molar-refractivity contribution in [3.63, 3.8) is 0 Å². The number of hydrogen-bond acceptors (Lipinski definition) is 2. The normalized spacial score (nSPS) is 34.8. The van der Waals surface area contributed by atoms with Crippen LogP contribution in [0, 0.1) is 5.92 Å². The van der Waals surface area contributed by atoms with Crippen molar-refractivity contribution in [2.45, 2.75) is 50.6 Å². The van der Waals surface area contributed by atoms with Crippen LogP contribution >= 0.6 is 0 Å². The quantitative estimate of drug-likeness (QED) is 0.735. The third-order valence-corrected chi connectivity index (χ3v) is 4.21. The van der Waals surface area contributed by atoms with Crippen LogP contribution < -0.4 is 5.32 Å². The number of nitrogens with one attached hydrogen (secondary N) is 1. The molecule has 2 aliphatic carbocycles. The third kappa shape index (κ3) is 3.33. The van der Waals surface area contributed by atoms with Crippen molar-refractivity contribution < 1.29 is 0 Å². The zero-order valence-electron chi connectivity index (χ0n) is 10.8. The summed E-state index contributed by atoms with van der Waals surface area (Å²) in [6.07, 6.45) is 12.7. The molecule has 3 unspecified atom stereocenters. The molecule has 1 N–H and O–H groups in total. The summed E-state index contributed by atoms with van der Waals surface area (Å²) in [5.74, 6) is 0.892. The van der Waals surface area contributed by atoms with Gasteiger partial charge in [0.2, 0.25) is 0 Å². The van der Waals surface area contributed by atoms with E-state index in [9.17, 15) is 0 Å². The van der Waals surface area contributed by atoms with Gasteiger partial charge in [0.15, 0.2) is 0 Å². The van der Waals surface area contributed by atoms with E-state index in [0.717, 1.165) is 18.0 Å². The summed E-state index contributed by atoms with van der Waals surface area (Å²) in [7, 11) is 4.41. The van der Waals surface area contributed by atoms with Crippen molar-refractivity contribution in [3.8, 4) is 0 Å². The zero-order chi connectivity index (χ0) is 11.4. The molecular formula is C14H26N2. The Hall–Kier alpha value is -0.340. The number of nitrogens with zero attached hydrogens (tertiary/aromatic N) is 1. The van der Waals surface area contributed by atoms with Gasteiger partial charge in [0.25, 0.3) is 0 Å². The summed E-state index contributed by atoms with van der Waals surface area (Å²) in [5, 5.41) is 3.78. The van der Waals surface area contributed by atoms with Crippen molar-refractivity contribution in [3.05, 3.63) is 12.2 Å². The van der Waals surface area contributed by atoms with Gasteiger partial charge in [-0.15, -0.1) is 0 Å². The summed E-state index contributed by atoms with van der Waals surface area (Å²) in [5.41, 5.74) is 0. The van der Waals surface area contributed by atoms with Crippen molar-refractivity contribution in [2.75, 3.05) is 20.6 Å². The van der Waals surface area contributed by atoms with E-state index in [-0.39, 0.29) is 0 Å². The molecule has 0 heterocycles. The summed E-state index contributed by atoms with van der Waals surface area (Å²) in [4.78, 5) is 2.38. The number of hydrogen-bond donors (Lipinski definition) is 1. The second-order valence-corrected chi connectivity index (χ2v) is 5.69. The molecule has 0 spiro atoms. The van der Waals surface area contributed by atoms with Gasteiger partial charge in [0.05, 0.1) is 0 Å². The molecule has 0 aromatic heterocycles. The molecule has 2 aliphatic rings. The second kappa shape index (κ2) is 5.83. The average molecular weight is 222 g/mol. The van der Waals surface area contributed by atoms with Gasteiger partial charge in [0, 0.05) is 12.1 Å². The van der Waals surface area contributed by atoms with E-state index in [1.807, 2.05) is 0 Å². The van der Waals surface area contributed by atoms with Crippen LogP contribution in [0.1, 0.15) is 38.5 Å². The van der Waals surface area contributed by atoms with Crippen molar-refractivity contribution >= 4 is 0 Å². The number of rotatable bonds is 4. The van der Waals surface area contributed by atoms with Crippen LogP contribution in [0.4, 0.5) is 0 Å². The first-order chi connectivity index (χ1) is 7.75. The standard InChI is InChI=1S/C14H26N2/c1-16(2)14-9-8-13(10-14)15-11-12-6-4-3-5-7-12/h3-4,12-15H,5-11H2,1-2H3. The van der Waals surface area contributed by atoms with Crippen LogP contribution in [0.15, 0.2) is 12.2 Å². The summed E-state index contributed by atoms with van der Waals surface area (Å²) in [6.45, 7) is 1.23. The molecule has 0 bridgehead atoms. The Bertz CT molecular complexity index is 235. The van der Waals surface area contributed by atoms with E-state index in [4.69, 9.17) is 0 Å². The molecule has 2 rings (SSSR count). The Morgan fingerprint density at radius 1 is 1.19 bits per heavy atom. The highest BCUT2D eigenvalue weighted by Crippen LogP contribution is 2.23. The lowest BCUT2D eigenvalue weighted by Crippen LogP contribution is -2.34. The minimum absolute atomic E-state index is 0.776. The molecule has 92 valence electrons. The highest BCUT2D eigenvalue weighted by atomic mass is 15.1. The fraction of sp³-hybridized carbons (Fsp3) is 0.857. The molecule has 0 saturated heterocycles. The van der Waals surface area contributed by atoms with Crippen molar-refractivity contribution in [1.82, 2.24) is 10.2 Å². The molecule has 2 nitrogen and oxygen atoms in total. The summed E-state index contributed by atoms with van der Waals surface area (Å²) in [6, 6.07) is 1.59. The van der Waals surface area contributed by atoms with Gasteiger partial charge in [-0.2, -0.15) is 0 Å². The topological polar surface area (TPSA) is 15.3 Å². The van der Waals surface area contributed by atoms with Gasteiger partial charge >= 0.3 is 0 Å². The Balaban J connectivity index is 1.65. The van der Waals surface area contributed by atoms with E-state index < -0.39 is 0 Å². The molecule has 0 radical (unpaired) electrons. The maximum Gasteiger partial charge on any atom is 0.0105 e. The van der Waals surface area contributed by atoms with E-state index in [1.165, 1.54) is 45.1 Å². The molecule has 0 aromatic carbocycles. The first-order valence-electron chi connectivity index (χ1n) is 6.80. The summed E-state index contributed by atoms with van der Waals surface area (Å²) >= 11 is 0. The van der Waals surface area contributed by atoms with Gasteiger partial charge in [-0.05, 0) is 65.1 Å². The molecule has 0 aliphatic heterocycles. The maximum atomic E-state index is 3.78. The minimum Gasteiger partial charge on any atom is -0.314 e. The Kier molecular flexibility index (Phi) is 4.42. The predicted octanol–water partition coefficient (Wildman–Crippen LogP) is 2.42. The first-order valence-corrected chi connectivity index (χ1v) is 6.80. The monoisotopic (exact) mass is 222 g/mol. The molecule has 1 saturated carbocycles. The largest absolute Gasteiger partial charge is 0.314 e. The zero-order valence-corrected chi connectivity index (χ0v) is 10.8. The van der Waals surface area contributed by atoms with Gasteiger partial charge in [-0.1, -0.05) is 12.2 Å². The average Bonchev–Trinajstić information content (AvgIpc) is 2.76. The second-order valence-electron chi connectivity index (χ2n) is 5.69. The van der Waals surface area contributed by atoms with E-state index in [2.05, 4.69) is 36.5 Å². The molecular weight excluding hydrogens is 196 g/mol. The molecule has 16 heavy (non-hydrogen) atoms. The first kappa shape index (κ1) is 12.1. The van der Waals surface area contributed by atoms with Crippen molar-refractivity contribution in [2.24, 2.45) is 5.92 Å². The summed E-state index contributed by atoms with van der Waals surface area (Å²) < 4.78 is 0. The fourth-order valence-corrected chi connectivity index (χ4v) is 2.99. The Morgan fingerprint density at radius 2 is 2.06 bits per heavy atom. The van der Waals surface area contributed by atoms with Gasteiger partial charge in [-0.25, -0.2) is 0 Å². The Labute approximate surface area is 100 Å². The maximum absolute atomic E-state index is 3.78. The van der Waals surface area contributed by atoms with Gasteiger partial charge in [-0.3, -0.25) is 0 Å². The SMILES string of the molecule is CN(C)C1CCC(NCC2CC=CCC2)C1. The lowest BCUT2D eigenvalue weighted by Gasteiger charge is -2.22. The van der Waals surface area contributed by atoms with Crippen LogP contribution in [-0.4, -0.2) is 37.6 Å². The molecule has 0 aromatic rings. The van der Waals surface area contributed by atoms with E-state index in [0.29, 0.717) is 0 Å². The predicted molar refractivity (Wildman–Crippen MR) is 69.6 cm³/mol.